The van der Waals surface area contributed by atoms with Crippen molar-refractivity contribution in [2.75, 3.05) is 25.6 Å². The van der Waals surface area contributed by atoms with Crippen LogP contribution in [0.15, 0.2) is 36.8 Å². The molecule has 6 rings (SSSR count). The van der Waals surface area contributed by atoms with Crippen molar-refractivity contribution in [1.82, 2.24) is 24.1 Å². The number of carbonyl (C=O) groups excluding carboxylic acids is 1. The molecule has 1 saturated heterocycles. The van der Waals surface area contributed by atoms with E-state index in [1.54, 1.807) is 17.8 Å². The number of rotatable bonds is 4. The molecule has 0 radical (unpaired) electrons. The van der Waals surface area contributed by atoms with Crippen LogP contribution in [0.1, 0.15) is 42.1 Å². The lowest BCUT2D eigenvalue weighted by molar-refractivity contribution is -0.0717. The average Bonchev–Trinajstić information content (AvgIpc) is 3.55. The summed E-state index contributed by atoms with van der Waals surface area (Å²) in [5, 5.41) is 8.33. The van der Waals surface area contributed by atoms with Gasteiger partial charge in [0.25, 0.3) is 5.91 Å². The fourth-order valence-electron chi connectivity index (χ4n) is 4.20. The van der Waals surface area contributed by atoms with Crippen molar-refractivity contribution in [2.45, 2.75) is 37.6 Å². The van der Waals surface area contributed by atoms with Crippen LogP contribution in [0.5, 0.6) is 0 Å². The van der Waals surface area contributed by atoms with Gasteiger partial charge in [0, 0.05) is 55.9 Å². The van der Waals surface area contributed by atoms with E-state index in [-0.39, 0.29) is 24.4 Å². The van der Waals surface area contributed by atoms with Crippen molar-refractivity contribution < 1.29 is 18.3 Å². The summed E-state index contributed by atoms with van der Waals surface area (Å²) in [6.07, 6.45) is 7.19. The molecule has 1 aliphatic heterocycles. The summed E-state index contributed by atoms with van der Waals surface area (Å²) in [7, 11) is 1.80. The van der Waals surface area contributed by atoms with Crippen LogP contribution in [0.2, 0.25) is 0 Å². The number of halogens is 2. The number of fused-ring (bicyclic) bond motifs is 2. The Kier molecular flexibility index (Phi) is 5.64. The Morgan fingerprint density at radius 3 is 2.74 bits per heavy atom. The lowest BCUT2D eigenvalue weighted by Gasteiger charge is -2.23. The number of hydrogen-bond acceptors (Lipinski definition) is 6. The van der Waals surface area contributed by atoms with Crippen LogP contribution in [0.25, 0.3) is 27.9 Å². The maximum absolute atomic E-state index is 11.8. The predicted molar refractivity (Wildman–Crippen MR) is 123 cm³/mol. The summed E-state index contributed by atoms with van der Waals surface area (Å²) >= 11 is 0. The minimum Gasteiger partial charge on any atom is -0.379 e. The highest BCUT2D eigenvalue weighted by molar-refractivity contribution is 6.00. The first kappa shape index (κ1) is 22.2. The maximum atomic E-state index is 11.8. The number of nitrogens with two attached hydrogens (primary N) is 1. The molecule has 2 fully saturated rings. The smallest absolute Gasteiger partial charge is 0.254 e. The van der Waals surface area contributed by atoms with E-state index in [9.17, 15) is 13.6 Å². The molecule has 5 heterocycles. The van der Waals surface area contributed by atoms with E-state index in [0.29, 0.717) is 24.5 Å². The molecule has 2 aliphatic rings. The highest BCUT2D eigenvalue weighted by atomic mass is 19.3. The second kappa shape index (κ2) is 8.64. The Morgan fingerprint density at radius 1 is 1.32 bits per heavy atom. The molecule has 4 aromatic rings. The molecule has 1 atom stereocenters. The van der Waals surface area contributed by atoms with Crippen molar-refractivity contribution in [3.8, 4) is 11.3 Å². The van der Waals surface area contributed by atoms with Crippen molar-refractivity contribution in [1.29, 1.82) is 0 Å². The number of nitrogens with one attached hydrogen (secondary N) is 1. The average molecular weight is 469 g/mol. The number of pyridine rings is 1. The highest BCUT2D eigenvalue weighted by Crippen LogP contribution is 2.36. The zero-order chi connectivity index (χ0) is 23.9. The number of aromatic nitrogens is 5. The van der Waals surface area contributed by atoms with Crippen molar-refractivity contribution in [3.63, 3.8) is 0 Å². The van der Waals surface area contributed by atoms with Crippen LogP contribution in [0.4, 0.5) is 14.6 Å². The monoisotopic (exact) mass is 469 g/mol. The number of nitrogens with zero attached hydrogens (tertiary/aromatic N) is 5. The van der Waals surface area contributed by atoms with Gasteiger partial charge in [-0.1, -0.05) is 0 Å². The van der Waals surface area contributed by atoms with Crippen molar-refractivity contribution in [3.05, 3.63) is 42.4 Å². The summed E-state index contributed by atoms with van der Waals surface area (Å²) < 4.78 is 32.4. The zero-order valence-electron chi connectivity index (χ0n) is 18.7. The number of ether oxygens (including phenoxy) is 1. The molecular weight excluding hydrogens is 444 g/mol. The summed E-state index contributed by atoms with van der Waals surface area (Å²) in [6.45, 7) is 1.42. The van der Waals surface area contributed by atoms with Gasteiger partial charge >= 0.3 is 0 Å². The summed E-state index contributed by atoms with van der Waals surface area (Å²) in [5.74, 6) is -2.13. The number of primary amides is 1. The second-order valence-corrected chi connectivity index (χ2v) is 8.49. The van der Waals surface area contributed by atoms with Crippen LogP contribution in [0.3, 0.4) is 0 Å². The van der Waals surface area contributed by atoms with E-state index in [1.165, 1.54) is 6.20 Å². The third kappa shape index (κ3) is 3.96. The molecule has 1 unspecified atom stereocenters. The number of carbonyl (C=O) groups is 1. The van der Waals surface area contributed by atoms with E-state index in [4.69, 9.17) is 15.5 Å². The molecule has 1 aliphatic carbocycles. The summed E-state index contributed by atoms with van der Waals surface area (Å²) in [5.41, 5.74) is 8.75. The van der Waals surface area contributed by atoms with Crippen LogP contribution < -0.4 is 11.1 Å². The van der Waals surface area contributed by atoms with E-state index >= 15 is 0 Å². The van der Waals surface area contributed by atoms with Gasteiger partial charge in [0.1, 0.15) is 17.0 Å². The molecule has 4 aromatic heterocycles. The lowest BCUT2D eigenvalue weighted by Crippen LogP contribution is -2.24. The van der Waals surface area contributed by atoms with E-state index in [1.807, 2.05) is 18.2 Å². The molecule has 178 valence electrons. The first-order chi connectivity index (χ1) is 16.4. The number of alkyl halides is 2. The third-order valence-electron chi connectivity index (χ3n) is 6.24. The predicted octanol–water partition coefficient (Wildman–Crippen LogP) is 3.65. The minimum absolute atomic E-state index is 0.118. The molecule has 1 saturated carbocycles. The first-order valence-corrected chi connectivity index (χ1v) is 11.2. The van der Waals surface area contributed by atoms with Gasteiger partial charge in [0.2, 0.25) is 5.92 Å². The van der Waals surface area contributed by atoms with Crippen LogP contribution in [-0.4, -0.2) is 56.2 Å². The number of amides is 1. The fourth-order valence-corrected chi connectivity index (χ4v) is 4.20. The molecule has 0 spiro atoms. The molecule has 1 amide bonds. The van der Waals surface area contributed by atoms with Gasteiger partial charge in [0.05, 0.1) is 24.5 Å². The van der Waals surface area contributed by atoms with Crippen molar-refractivity contribution >= 4 is 28.4 Å². The van der Waals surface area contributed by atoms with Gasteiger partial charge in [-0.05, 0) is 25.0 Å². The Balaban J connectivity index is 0.000000351. The first-order valence-electron chi connectivity index (χ1n) is 11.2. The van der Waals surface area contributed by atoms with Crippen molar-refractivity contribution in [2.24, 2.45) is 5.73 Å². The highest BCUT2D eigenvalue weighted by Gasteiger charge is 2.36. The summed E-state index contributed by atoms with van der Waals surface area (Å²) in [6, 6.07) is 6.09. The van der Waals surface area contributed by atoms with E-state index < -0.39 is 11.8 Å². The zero-order valence-corrected chi connectivity index (χ0v) is 18.7. The van der Waals surface area contributed by atoms with Gasteiger partial charge in [-0.25, -0.2) is 18.7 Å². The molecule has 9 nitrogen and oxygen atoms in total. The van der Waals surface area contributed by atoms with Crippen LogP contribution in [0, 0.1) is 0 Å². The molecule has 0 aromatic carbocycles. The molecule has 34 heavy (non-hydrogen) atoms. The molecule has 0 bridgehead atoms. The van der Waals surface area contributed by atoms with Gasteiger partial charge in [-0.15, -0.1) is 0 Å². The van der Waals surface area contributed by atoms with Gasteiger partial charge in [-0.2, -0.15) is 9.61 Å². The quantitative estimate of drug-likeness (QED) is 0.472. The number of hydrogen-bond donors (Lipinski definition) is 2. The normalized spacial score (nSPS) is 19.0. The Bertz CT molecular complexity index is 1350. The van der Waals surface area contributed by atoms with Gasteiger partial charge < -0.3 is 20.4 Å². The third-order valence-corrected chi connectivity index (χ3v) is 6.24. The van der Waals surface area contributed by atoms with Gasteiger partial charge in [0.15, 0.2) is 5.65 Å². The second-order valence-electron chi connectivity index (χ2n) is 8.49. The van der Waals surface area contributed by atoms with E-state index in [0.717, 1.165) is 35.3 Å². The molecule has 11 heteroatoms. The largest absolute Gasteiger partial charge is 0.379 e. The van der Waals surface area contributed by atoms with Crippen LogP contribution in [-0.2, 0) is 4.74 Å². The molecular formula is C23H25F2N7O2. The number of anilines is 1. The van der Waals surface area contributed by atoms with E-state index in [2.05, 4.69) is 26.2 Å². The minimum atomic E-state index is -2.28. The standard InChI is InChI=1S/C19H19N7O2.C4H6F2/c1-21-16-7-15(24-19-13(17(20)27)8-23-26(16)19)14-9-25(11-4-6-28-10-11)18-12(14)3-2-5-22-18;5-4(6)2-1-3-4/h2-3,5,7-9,11,21H,4,6,10H2,1H3,(H2,20,27);1-3H2. The Morgan fingerprint density at radius 2 is 2.12 bits per heavy atom. The van der Waals surface area contributed by atoms with Crippen LogP contribution >= 0.6 is 0 Å². The lowest BCUT2D eigenvalue weighted by atomic mass is 9.95. The SMILES string of the molecule is CNc1cc(-c2cn(C3CCOC3)c3ncccc23)nc2c(C(N)=O)cnn12.FC1(F)CCC1. The molecule has 3 N–H and O–H groups in total. The Hall–Kier alpha value is -3.60. The van der Waals surface area contributed by atoms with Gasteiger partial charge in [-0.3, -0.25) is 4.79 Å². The summed E-state index contributed by atoms with van der Waals surface area (Å²) in [4.78, 5) is 21.1. The maximum Gasteiger partial charge on any atom is 0.254 e. The topological polar surface area (TPSA) is 112 Å². The fraction of sp³-hybridized carbons (Fsp3) is 0.391. The Labute approximate surface area is 193 Å².